The van der Waals surface area contributed by atoms with Crippen molar-refractivity contribution in [3.63, 3.8) is 0 Å². The molecule has 0 spiro atoms. The van der Waals surface area contributed by atoms with Crippen LogP contribution in [0.3, 0.4) is 0 Å². The average Bonchev–Trinajstić information content (AvgIpc) is 2.47. The highest BCUT2D eigenvalue weighted by Crippen LogP contribution is 2.13. The number of rotatable bonds is 14. The maximum absolute atomic E-state index is 11.4. The van der Waals surface area contributed by atoms with Gasteiger partial charge in [-0.1, -0.05) is 0 Å². The lowest BCUT2D eigenvalue weighted by Crippen LogP contribution is -2.28. The Morgan fingerprint density at radius 3 is 2.00 bits per heavy atom. The van der Waals surface area contributed by atoms with Gasteiger partial charge in [-0.3, -0.25) is 4.79 Å². The van der Waals surface area contributed by atoms with Crippen molar-refractivity contribution in [2.24, 2.45) is 0 Å². The third-order valence-electron chi connectivity index (χ3n) is 2.79. The fourth-order valence-electron chi connectivity index (χ4n) is 1.71. The minimum Gasteiger partial charge on any atom is -0.469 e. The highest BCUT2D eigenvalue weighted by Gasteiger charge is 2.21. The van der Waals surface area contributed by atoms with E-state index in [0.717, 1.165) is 6.29 Å². The Morgan fingerprint density at radius 1 is 0.952 bits per heavy atom. The second kappa shape index (κ2) is 13.9. The summed E-state index contributed by atoms with van der Waals surface area (Å²) in [4.78, 5) is 22.1. The first kappa shape index (κ1) is 20.0. The van der Waals surface area contributed by atoms with Gasteiger partial charge in [-0.2, -0.15) is 0 Å². The first-order valence-corrected chi connectivity index (χ1v) is 6.89. The summed E-state index contributed by atoms with van der Waals surface area (Å²) in [6, 6.07) is 0. The van der Waals surface area contributed by atoms with Crippen LogP contribution in [0.5, 0.6) is 0 Å². The first-order chi connectivity index (χ1) is 10.2. The van der Waals surface area contributed by atoms with E-state index < -0.39 is 0 Å². The lowest BCUT2D eigenvalue weighted by Gasteiger charge is -2.22. The third-order valence-corrected chi connectivity index (χ3v) is 2.79. The second-order valence-electron chi connectivity index (χ2n) is 4.39. The van der Waals surface area contributed by atoms with Crippen molar-refractivity contribution in [1.29, 1.82) is 0 Å². The summed E-state index contributed by atoms with van der Waals surface area (Å²) in [7, 11) is 4.47. The molecule has 7 nitrogen and oxygen atoms in total. The molecule has 7 heteroatoms. The van der Waals surface area contributed by atoms with Gasteiger partial charge < -0.3 is 28.5 Å². The van der Waals surface area contributed by atoms with Crippen molar-refractivity contribution < 1.29 is 33.3 Å². The molecule has 0 saturated heterocycles. The van der Waals surface area contributed by atoms with Crippen molar-refractivity contribution in [2.75, 3.05) is 47.8 Å². The van der Waals surface area contributed by atoms with Gasteiger partial charge in [-0.25, -0.2) is 0 Å². The Morgan fingerprint density at radius 2 is 1.52 bits per heavy atom. The van der Waals surface area contributed by atoms with E-state index in [1.54, 1.807) is 14.2 Å². The van der Waals surface area contributed by atoms with Crippen LogP contribution < -0.4 is 0 Å². The quantitative estimate of drug-likeness (QED) is 0.264. The topological polar surface area (TPSA) is 80.3 Å². The number of methoxy groups -OCH3 is 3. The standard InChI is InChI=1S/C14H26O7/c1-17-6-8-20-12(4-5-15)10-13(11-14(16)19-3)21-9-7-18-2/h5,12-13H,4,6-11H2,1-3H3. The molecule has 2 unspecified atom stereocenters. The summed E-state index contributed by atoms with van der Waals surface area (Å²) in [6.45, 7) is 1.63. The van der Waals surface area contributed by atoms with Crippen LogP contribution in [0.4, 0.5) is 0 Å². The predicted octanol–water partition coefficient (Wildman–Crippen LogP) is 0.592. The normalized spacial score (nSPS) is 13.7. The Hall–Kier alpha value is -1.02. The van der Waals surface area contributed by atoms with E-state index in [1.165, 1.54) is 7.11 Å². The van der Waals surface area contributed by atoms with Crippen LogP contribution in [0, 0.1) is 0 Å². The van der Waals surface area contributed by atoms with E-state index in [2.05, 4.69) is 4.74 Å². The van der Waals surface area contributed by atoms with Gasteiger partial charge in [0.25, 0.3) is 0 Å². The number of carbonyl (C=O) groups is 2. The minimum atomic E-state index is -0.375. The number of carbonyl (C=O) groups excluding carboxylic acids is 2. The molecule has 0 fully saturated rings. The molecule has 0 rings (SSSR count). The average molecular weight is 306 g/mol. The molecule has 0 radical (unpaired) electrons. The van der Waals surface area contributed by atoms with Crippen molar-refractivity contribution >= 4 is 12.3 Å². The maximum atomic E-state index is 11.4. The molecule has 0 aliphatic rings. The maximum Gasteiger partial charge on any atom is 0.308 e. The predicted molar refractivity (Wildman–Crippen MR) is 75.2 cm³/mol. The Kier molecular flexibility index (Phi) is 13.3. The van der Waals surface area contributed by atoms with Crippen molar-refractivity contribution in [3.8, 4) is 0 Å². The fraction of sp³-hybridized carbons (Fsp3) is 0.857. The van der Waals surface area contributed by atoms with Crippen LogP contribution >= 0.6 is 0 Å². The summed E-state index contributed by atoms with van der Waals surface area (Å²) in [5, 5.41) is 0. The van der Waals surface area contributed by atoms with Gasteiger partial charge in [0, 0.05) is 27.1 Å². The number of esters is 1. The van der Waals surface area contributed by atoms with Crippen molar-refractivity contribution in [2.45, 2.75) is 31.5 Å². The summed E-state index contributed by atoms with van der Waals surface area (Å²) in [6.07, 6.45) is 0.899. The van der Waals surface area contributed by atoms with Crippen LogP contribution in [-0.2, 0) is 33.3 Å². The molecular weight excluding hydrogens is 280 g/mol. The molecule has 0 aromatic carbocycles. The molecule has 0 N–H and O–H groups in total. The Bertz CT molecular complexity index is 270. The summed E-state index contributed by atoms with van der Waals surface area (Å²) < 4.78 is 25.6. The van der Waals surface area contributed by atoms with Gasteiger partial charge in [-0.05, 0) is 0 Å². The van der Waals surface area contributed by atoms with E-state index in [9.17, 15) is 9.59 Å². The van der Waals surface area contributed by atoms with Crippen LogP contribution in [0.1, 0.15) is 19.3 Å². The zero-order valence-electron chi connectivity index (χ0n) is 13.0. The largest absolute Gasteiger partial charge is 0.469 e. The zero-order valence-corrected chi connectivity index (χ0v) is 13.0. The molecular formula is C14H26O7. The summed E-state index contributed by atoms with van der Waals surface area (Å²) in [5.41, 5.74) is 0. The number of ether oxygens (including phenoxy) is 5. The molecule has 124 valence electrons. The highest BCUT2D eigenvalue weighted by atomic mass is 16.5. The van der Waals surface area contributed by atoms with Crippen molar-refractivity contribution in [3.05, 3.63) is 0 Å². The molecule has 0 amide bonds. The minimum absolute atomic E-state index is 0.114. The molecule has 0 aromatic heterocycles. The molecule has 0 aliphatic carbocycles. The summed E-state index contributed by atoms with van der Waals surface area (Å²) in [5.74, 6) is -0.362. The molecule has 0 aromatic rings. The highest BCUT2D eigenvalue weighted by molar-refractivity contribution is 5.69. The van der Waals surface area contributed by atoms with Gasteiger partial charge in [0.15, 0.2) is 0 Å². The van der Waals surface area contributed by atoms with Crippen LogP contribution in [-0.4, -0.2) is 72.2 Å². The smallest absolute Gasteiger partial charge is 0.308 e. The lowest BCUT2D eigenvalue weighted by atomic mass is 10.1. The van der Waals surface area contributed by atoms with Crippen molar-refractivity contribution in [1.82, 2.24) is 0 Å². The van der Waals surface area contributed by atoms with Crippen LogP contribution in [0.15, 0.2) is 0 Å². The SMILES string of the molecule is COCCOC(CC=O)CC(CC(=O)OC)OCCOC. The molecule has 2 atom stereocenters. The van der Waals surface area contributed by atoms with E-state index in [0.29, 0.717) is 32.8 Å². The van der Waals surface area contributed by atoms with E-state index in [-0.39, 0.29) is 31.0 Å². The number of hydrogen-bond acceptors (Lipinski definition) is 7. The number of hydrogen-bond donors (Lipinski definition) is 0. The van der Waals surface area contributed by atoms with Crippen LogP contribution in [0.25, 0.3) is 0 Å². The fourth-order valence-corrected chi connectivity index (χ4v) is 1.71. The van der Waals surface area contributed by atoms with Gasteiger partial charge in [-0.15, -0.1) is 0 Å². The van der Waals surface area contributed by atoms with E-state index in [1.807, 2.05) is 0 Å². The molecule has 21 heavy (non-hydrogen) atoms. The zero-order chi connectivity index (χ0) is 15.9. The molecule has 0 aliphatic heterocycles. The second-order valence-corrected chi connectivity index (χ2v) is 4.39. The third kappa shape index (κ3) is 11.3. The van der Waals surface area contributed by atoms with Gasteiger partial charge in [0.1, 0.15) is 6.29 Å². The van der Waals surface area contributed by atoms with Gasteiger partial charge in [0.05, 0.1) is 52.2 Å². The molecule has 0 heterocycles. The van der Waals surface area contributed by atoms with E-state index in [4.69, 9.17) is 18.9 Å². The monoisotopic (exact) mass is 306 g/mol. The Labute approximate surface area is 125 Å². The lowest BCUT2D eigenvalue weighted by molar-refractivity contribution is -0.145. The molecule has 0 bridgehead atoms. The Balaban J connectivity index is 4.38. The van der Waals surface area contributed by atoms with Crippen LogP contribution in [0.2, 0.25) is 0 Å². The van der Waals surface area contributed by atoms with Gasteiger partial charge >= 0.3 is 5.97 Å². The van der Waals surface area contributed by atoms with Gasteiger partial charge in [0.2, 0.25) is 0 Å². The number of aldehydes is 1. The van der Waals surface area contributed by atoms with E-state index >= 15 is 0 Å². The summed E-state index contributed by atoms with van der Waals surface area (Å²) >= 11 is 0. The first-order valence-electron chi connectivity index (χ1n) is 6.89. The molecule has 0 saturated carbocycles.